The van der Waals surface area contributed by atoms with Gasteiger partial charge in [0.1, 0.15) is 17.2 Å². The maximum Gasteiger partial charge on any atom is 0.305 e. The second-order valence-corrected chi connectivity index (χ2v) is 5.93. The van der Waals surface area contributed by atoms with Crippen LogP contribution < -0.4 is 10.9 Å². The van der Waals surface area contributed by atoms with Gasteiger partial charge in [-0.25, -0.2) is 4.39 Å². The molecule has 0 saturated carbocycles. The summed E-state index contributed by atoms with van der Waals surface area (Å²) in [5.74, 6) is -2.31. The monoisotopic (exact) mass is 361 g/mol. The van der Waals surface area contributed by atoms with Crippen LogP contribution >= 0.6 is 0 Å². The summed E-state index contributed by atoms with van der Waals surface area (Å²) in [6, 6.07) is 7.92. The molecule has 7 nitrogen and oxygen atoms in total. The van der Waals surface area contributed by atoms with Gasteiger partial charge in [-0.1, -0.05) is 26.0 Å². The van der Waals surface area contributed by atoms with Gasteiger partial charge >= 0.3 is 5.97 Å². The van der Waals surface area contributed by atoms with Gasteiger partial charge in [0.2, 0.25) is 0 Å². The zero-order valence-corrected chi connectivity index (χ0v) is 14.5. The summed E-state index contributed by atoms with van der Waals surface area (Å²) in [6.45, 7) is 3.56. The Morgan fingerprint density at radius 1 is 1.19 bits per heavy atom. The van der Waals surface area contributed by atoms with Gasteiger partial charge in [0, 0.05) is 6.07 Å². The second kappa shape index (κ2) is 7.90. The van der Waals surface area contributed by atoms with E-state index in [4.69, 9.17) is 5.11 Å². The molecule has 2 aromatic rings. The maximum atomic E-state index is 13.9. The van der Waals surface area contributed by atoms with Gasteiger partial charge in [-0.3, -0.25) is 14.4 Å². The molecule has 0 unspecified atom stereocenters. The number of aromatic nitrogens is 2. The molecule has 1 aromatic carbocycles. The van der Waals surface area contributed by atoms with Crippen LogP contribution in [0.5, 0.6) is 0 Å². The lowest BCUT2D eigenvalue weighted by molar-refractivity contribution is -0.138. The number of hydrogen-bond acceptors (Lipinski definition) is 4. The first kappa shape index (κ1) is 19.3. The number of nitrogens with one attached hydrogen (secondary N) is 1. The molecule has 0 aliphatic carbocycles. The summed E-state index contributed by atoms with van der Waals surface area (Å²) < 4.78 is 14.8. The fourth-order valence-electron chi connectivity index (χ4n) is 2.64. The number of halogens is 1. The van der Waals surface area contributed by atoms with E-state index >= 15 is 0 Å². The number of amides is 1. The lowest BCUT2D eigenvalue weighted by atomic mass is 9.89. The molecule has 0 aliphatic heterocycles. The molecule has 0 fully saturated rings. The summed E-state index contributed by atoms with van der Waals surface area (Å²) in [6.07, 6.45) is 0.585. The lowest BCUT2D eigenvalue weighted by Gasteiger charge is -2.31. The smallest absolute Gasteiger partial charge is 0.305 e. The highest BCUT2D eigenvalue weighted by molar-refractivity contribution is 5.93. The minimum Gasteiger partial charge on any atom is -0.481 e. The number of benzene rings is 1. The number of nitrogens with zero attached hydrogens (tertiary/aromatic N) is 2. The van der Waals surface area contributed by atoms with Crippen LogP contribution in [0, 0.1) is 5.82 Å². The molecule has 0 aliphatic rings. The van der Waals surface area contributed by atoms with Crippen LogP contribution in [0.4, 0.5) is 4.39 Å². The fourth-order valence-corrected chi connectivity index (χ4v) is 2.64. The normalized spacial score (nSPS) is 11.2. The number of carboxylic acid groups (broad SMARTS) is 1. The van der Waals surface area contributed by atoms with E-state index in [0.29, 0.717) is 12.8 Å². The van der Waals surface area contributed by atoms with E-state index in [-0.39, 0.29) is 17.8 Å². The standard InChI is InChI=1S/C18H20FN3O4/c1-3-18(4-2,11-16(24)25)20-17(26)13-9-10-15(23)22(21-13)14-8-6-5-7-12(14)19/h5-10H,3-4,11H2,1-2H3,(H,20,26)(H,24,25). The lowest BCUT2D eigenvalue weighted by Crippen LogP contribution is -2.49. The van der Waals surface area contributed by atoms with Crippen molar-refractivity contribution < 1.29 is 19.1 Å². The Morgan fingerprint density at radius 3 is 2.42 bits per heavy atom. The van der Waals surface area contributed by atoms with Crippen molar-refractivity contribution in [2.75, 3.05) is 0 Å². The van der Waals surface area contributed by atoms with E-state index in [1.807, 2.05) is 0 Å². The molecule has 0 spiro atoms. The molecule has 0 radical (unpaired) electrons. The zero-order valence-electron chi connectivity index (χ0n) is 14.5. The molecule has 0 saturated heterocycles. The molecule has 2 rings (SSSR count). The van der Waals surface area contributed by atoms with Crippen molar-refractivity contribution in [3.63, 3.8) is 0 Å². The Kier molecular flexibility index (Phi) is 5.86. The summed E-state index contributed by atoms with van der Waals surface area (Å²) in [5, 5.41) is 15.7. The van der Waals surface area contributed by atoms with Crippen molar-refractivity contribution in [2.24, 2.45) is 0 Å². The van der Waals surface area contributed by atoms with Crippen LogP contribution in [0.2, 0.25) is 0 Å². The third kappa shape index (κ3) is 4.14. The largest absolute Gasteiger partial charge is 0.481 e. The first-order valence-electron chi connectivity index (χ1n) is 8.21. The van der Waals surface area contributed by atoms with E-state index in [0.717, 1.165) is 10.7 Å². The molecular weight excluding hydrogens is 341 g/mol. The van der Waals surface area contributed by atoms with Crippen molar-refractivity contribution in [3.05, 3.63) is 58.3 Å². The van der Waals surface area contributed by atoms with Crippen molar-refractivity contribution in [1.82, 2.24) is 15.1 Å². The predicted octanol–water partition coefficient (Wildman–Crippen LogP) is 2.13. The molecule has 0 atom stereocenters. The Morgan fingerprint density at radius 2 is 1.85 bits per heavy atom. The second-order valence-electron chi connectivity index (χ2n) is 5.93. The Balaban J connectivity index is 2.39. The molecule has 1 heterocycles. The van der Waals surface area contributed by atoms with Crippen LogP contribution in [0.1, 0.15) is 43.6 Å². The molecule has 1 aromatic heterocycles. The fraction of sp³-hybridized carbons (Fsp3) is 0.333. The van der Waals surface area contributed by atoms with E-state index in [2.05, 4.69) is 10.4 Å². The number of carbonyl (C=O) groups is 2. The van der Waals surface area contributed by atoms with Gasteiger partial charge in [-0.2, -0.15) is 9.78 Å². The number of aliphatic carboxylic acids is 1. The van der Waals surface area contributed by atoms with E-state index in [1.54, 1.807) is 19.9 Å². The number of carboxylic acids is 1. The van der Waals surface area contributed by atoms with E-state index in [1.165, 1.54) is 24.3 Å². The third-order valence-electron chi connectivity index (χ3n) is 4.34. The van der Waals surface area contributed by atoms with E-state index < -0.39 is 28.8 Å². The summed E-state index contributed by atoms with van der Waals surface area (Å²) >= 11 is 0. The number of hydrogen-bond donors (Lipinski definition) is 2. The van der Waals surface area contributed by atoms with Crippen molar-refractivity contribution in [1.29, 1.82) is 0 Å². The topological polar surface area (TPSA) is 101 Å². The minimum absolute atomic E-state index is 0.0741. The molecular formula is C18H20FN3O4. The highest BCUT2D eigenvalue weighted by Crippen LogP contribution is 2.20. The average Bonchev–Trinajstić information content (AvgIpc) is 2.61. The van der Waals surface area contributed by atoms with Crippen molar-refractivity contribution in [3.8, 4) is 5.69 Å². The summed E-state index contributed by atoms with van der Waals surface area (Å²) in [4.78, 5) is 35.7. The van der Waals surface area contributed by atoms with Crippen LogP contribution in [0.3, 0.4) is 0 Å². The molecule has 26 heavy (non-hydrogen) atoms. The van der Waals surface area contributed by atoms with Gasteiger partial charge in [0.15, 0.2) is 0 Å². The van der Waals surface area contributed by atoms with Gasteiger partial charge in [-0.15, -0.1) is 0 Å². The van der Waals surface area contributed by atoms with E-state index in [9.17, 15) is 18.8 Å². The van der Waals surface area contributed by atoms with Crippen LogP contribution in [-0.4, -0.2) is 32.3 Å². The Bertz CT molecular complexity index is 875. The molecule has 8 heteroatoms. The Labute approximate surface area is 149 Å². The van der Waals surface area contributed by atoms with Gasteiger partial charge in [0.25, 0.3) is 11.5 Å². The number of carbonyl (C=O) groups excluding carboxylic acids is 1. The van der Waals surface area contributed by atoms with Crippen LogP contribution in [0.25, 0.3) is 5.69 Å². The molecule has 1 amide bonds. The first-order chi connectivity index (χ1) is 12.3. The average molecular weight is 361 g/mol. The molecule has 2 N–H and O–H groups in total. The Hall–Kier alpha value is -3.03. The summed E-state index contributed by atoms with van der Waals surface area (Å²) in [5.41, 5.74) is -1.70. The van der Waals surface area contributed by atoms with Crippen molar-refractivity contribution in [2.45, 2.75) is 38.6 Å². The van der Waals surface area contributed by atoms with Gasteiger partial charge in [-0.05, 0) is 31.0 Å². The molecule has 138 valence electrons. The number of para-hydroxylation sites is 1. The number of rotatable bonds is 7. The van der Waals surface area contributed by atoms with Gasteiger partial charge in [0.05, 0.1) is 12.0 Å². The summed E-state index contributed by atoms with van der Waals surface area (Å²) in [7, 11) is 0. The first-order valence-corrected chi connectivity index (χ1v) is 8.21. The van der Waals surface area contributed by atoms with Crippen molar-refractivity contribution >= 4 is 11.9 Å². The minimum atomic E-state index is -1.03. The SMILES string of the molecule is CCC(CC)(CC(=O)O)NC(=O)c1ccc(=O)n(-c2ccccc2F)n1. The zero-order chi connectivity index (χ0) is 19.3. The van der Waals surface area contributed by atoms with Crippen LogP contribution in [0.15, 0.2) is 41.2 Å². The molecule has 0 bridgehead atoms. The van der Waals surface area contributed by atoms with Gasteiger partial charge < -0.3 is 10.4 Å². The highest BCUT2D eigenvalue weighted by atomic mass is 19.1. The third-order valence-corrected chi connectivity index (χ3v) is 4.34. The predicted molar refractivity (Wildman–Crippen MR) is 92.8 cm³/mol. The maximum absolute atomic E-state index is 13.9. The quantitative estimate of drug-likeness (QED) is 0.787. The van der Waals surface area contributed by atoms with Crippen LogP contribution in [-0.2, 0) is 4.79 Å². The highest BCUT2D eigenvalue weighted by Gasteiger charge is 2.31.